The molecule has 5 heteroatoms. The fraction of sp³-hybridized carbons (Fsp3) is 0.178. The van der Waals surface area contributed by atoms with Gasteiger partial charge >= 0.3 is 305 Å². The van der Waals surface area contributed by atoms with Crippen LogP contribution in [0.3, 0.4) is 0 Å². The summed E-state index contributed by atoms with van der Waals surface area (Å²) in [5.74, 6) is 0. The van der Waals surface area contributed by atoms with Gasteiger partial charge in [0.25, 0.3) is 0 Å². The summed E-state index contributed by atoms with van der Waals surface area (Å²) in [4.78, 5) is 5.45. The van der Waals surface area contributed by atoms with E-state index in [4.69, 9.17) is 4.74 Å². The molecule has 1 nitrogen and oxygen atoms in total. The van der Waals surface area contributed by atoms with Gasteiger partial charge in [-0.05, 0) is 6.92 Å². The van der Waals surface area contributed by atoms with Crippen LogP contribution in [0.15, 0.2) is 149 Å². The fourth-order valence-electron chi connectivity index (χ4n) is 7.24. The van der Waals surface area contributed by atoms with Gasteiger partial charge in [-0.1, -0.05) is 6.08 Å². The molecule has 251 valence electrons. The summed E-state index contributed by atoms with van der Waals surface area (Å²) in [6, 6.07) is 38.2. The normalized spacial score (nSPS) is 17.4. The first-order valence-electron chi connectivity index (χ1n) is 17.2. The predicted octanol–water partition coefficient (Wildman–Crippen LogP) is 11.2. The first-order chi connectivity index (χ1) is 24.4. The third kappa shape index (κ3) is 6.33. The van der Waals surface area contributed by atoms with Gasteiger partial charge in [0.2, 0.25) is 0 Å². The van der Waals surface area contributed by atoms with E-state index in [9.17, 15) is 0 Å². The Morgan fingerprint density at radius 1 is 0.780 bits per heavy atom. The van der Waals surface area contributed by atoms with Gasteiger partial charge in [-0.25, -0.2) is 0 Å². The molecular weight excluding hydrogens is 842 g/mol. The van der Waals surface area contributed by atoms with Crippen molar-refractivity contribution in [3.05, 3.63) is 170 Å². The summed E-state index contributed by atoms with van der Waals surface area (Å²) in [7, 11) is -2.38. The molecule has 7 rings (SSSR count). The van der Waals surface area contributed by atoms with E-state index in [1.165, 1.54) is 68.6 Å². The maximum absolute atomic E-state index is 6.06. The molecule has 50 heavy (non-hydrogen) atoms. The number of hydrogen-bond acceptors (Lipinski definition) is 3. The van der Waals surface area contributed by atoms with Crippen molar-refractivity contribution >= 4 is 58.0 Å². The molecule has 0 bridgehead atoms. The van der Waals surface area contributed by atoms with Gasteiger partial charge in [0.15, 0.2) is 0 Å². The van der Waals surface area contributed by atoms with Crippen LogP contribution >= 0.6 is 29.9 Å². The third-order valence-corrected chi connectivity index (χ3v) is 17.4. The molecule has 0 spiro atoms. The van der Waals surface area contributed by atoms with Crippen molar-refractivity contribution in [1.29, 1.82) is 0 Å². The van der Waals surface area contributed by atoms with Crippen LogP contribution in [0.2, 0.25) is 0 Å². The number of allylic oxidation sites excluding steroid dienone is 6. The first-order valence-corrected chi connectivity index (χ1v) is 21.8. The van der Waals surface area contributed by atoms with Crippen molar-refractivity contribution in [2.75, 3.05) is 13.2 Å². The number of hydrogen-bond donors (Lipinski definition) is 0. The maximum atomic E-state index is 6.06. The molecule has 3 heterocycles. The average molecular weight is 883 g/mol. The van der Waals surface area contributed by atoms with E-state index in [-0.39, 0.29) is 5.41 Å². The number of benzene rings is 3. The Hall–Kier alpha value is -3.43. The second-order valence-corrected chi connectivity index (χ2v) is 19.3. The van der Waals surface area contributed by atoms with Crippen molar-refractivity contribution in [2.45, 2.75) is 39.5 Å². The minimum atomic E-state index is -2.38. The molecule has 2 aromatic heterocycles. The van der Waals surface area contributed by atoms with E-state index in [1.54, 1.807) is 0 Å². The van der Waals surface area contributed by atoms with E-state index in [2.05, 4.69) is 172 Å². The Balaban J connectivity index is 1.48. The molecule has 0 radical (unpaired) electrons. The third-order valence-electron chi connectivity index (χ3n) is 9.64. The average Bonchev–Trinajstić information content (AvgIpc) is 3.92. The Morgan fingerprint density at radius 3 is 1.76 bits per heavy atom. The monoisotopic (exact) mass is 884 g/mol. The standard InChI is InChI=1S/C45H41OPS2.Os/c1-6-17-34-30-46-31-35(34)27-33(25-26-40-29-42-44(49-40)43-41(45(42,4)5)28-39(48-43)18-7-2)32(3)47(36-19-11-8-12-20-36,37-21-13-9-14-22-37)38-23-15-10-16-24-38;/h7-29H,6,30-31H2,1-2,4-5H3;/q+1;/b18-7+,26-25+,33-32?,34-17?,35-27?;. The van der Waals surface area contributed by atoms with Crippen molar-refractivity contribution in [2.24, 2.45) is 0 Å². The molecule has 1 aliphatic carbocycles. The van der Waals surface area contributed by atoms with Crippen molar-refractivity contribution in [3.63, 3.8) is 0 Å². The molecule has 1 aliphatic heterocycles. The summed E-state index contributed by atoms with van der Waals surface area (Å²) < 4.78 is 9.94. The molecule has 0 unspecified atom stereocenters. The molecule has 0 atom stereocenters. The molecule has 0 saturated carbocycles. The van der Waals surface area contributed by atoms with Crippen LogP contribution < -0.4 is 15.9 Å². The van der Waals surface area contributed by atoms with Crippen molar-refractivity contribution < 1.29 is 22.7 Å². The van der Waals surface area contributed by atoms with E-state index in [0.29, 0.717) is 13.2 Å². The minimum absolute atomic E-state index is 0.0167. The topological polar surface area (TPSA) is 9.23 Å². The molecule has 3 aromatic carbocycles. The first kappa shape index (κ1) is 35.0. The van der Waals surface area contributed by atoms with Crippen LogP contribution in [-0.2, 0) is 28.1 Å². The van der Waals surface area contributed by atoms with Gasteiger partial charge in [0, 0.05) is 0 Å². The van der Waals surface area contributed by atoms with Gasteiger partial charge < -0.3 is 0 Å². The van der Waals surface area contributed by atoms with Crippen molar-refractivity contribution in [1.82, 2.24) is 0 Å². The molecule has 1 fully saturated rings. The van der Waals surface area contributed by atoms with Crippen LogP contribution in [0.1, 0.15) is 55.0 Å². The zero-order chi connectivity index (χ0) is 34.7. The fourth-order valence-corrected chi connectivity index (χ4v) is 15.7. The Bertz CT molecular complexity index is 2110. The molecule has 5 aromatic rings. The second kappa shape index (κ2) is 15.0. The van der Waals surface area contributed by atoms with E-state index >= 15 is 0 Å². The Morgan fingerprint density at radius 2 is 1.28 bits per heavy atom. The van der Waals surface area contributed by atoms with Gasteiger partial charge in [-0.2, -0.15) is 0 Å². The Kier molecular flexibility index (Phi) is 10.5. The van der Waals surface area contributed by atoms with Crippen LogP contribution in [0.5, 0.6) is 0 Å². The molecule has 2 aliphatic rings. The van der Waals surface area contributed by atoms with Gasteiger partial charge in [-0.15, -0.1) is 0 Å². The number of fused-ring (bicyclic) bond motifs is 3. The molecule has 0 amide bonds. The zero-order valence-corrected chi connectivity index (χ0v) is 34.0. The van der Waals surface area contributed by atoms with Crippen LogP contribution in [0, 0.1) is 4.37 Å². The molecule has 1 saturated heterocycles. The summed E-state index contributed by atoms with van der Waals surface area (Å²) in [6.07, 6.45) is 14.8. The second-order valence-electron chi connectivity index (χ2n) is 13.1. The van der Waals surface area contributed by atoms with Gasteiger partial charge in [-0.3, -0.25) is 0 Å². The van der Waals surface area contributed by atoms with Gasteiger partial charge in [0.05, 0.1) is 0 Å². The van der Waals surface area contributed by atoms with E-state index in [1.807, 2.05) is 40.6 Å². The Labute approximate surface area is 315 Å². The molecular formula is C45H41OOsPS2+. The van der Waals surface area contributed by atoms with Gasteiger partial charge in [0.1, 0.15) is 0 Å². The predicted molar refractivity (Wildman–Crippen MR) is 217 cm³/mol. The number of rotatable bonds is 9. The van der Waals surface area contributed by atoms with E-state index < -0.39 is 7.26 Å². The molecule has 0 N–H and O–H groups in total. The summed E-state index contributed by atoms with van der Waals surface area (Å²) in [6.45, 7) is 10.3. The van der Waals surface area contributed by atoms with Crippen LogP contribution in [0.25, 0.3) is 21.9 Å². The van der Waals surface area contributed by atoms with Crippen LogP contribution in [0.4, 0.5) is 0 Å². The number of ether oxygens (including phenoxy) is 1. The van der Waals surface area contributed by atoms with Crippen molar-refractivity contribution in [3.8, 4) is 14.1 Å². The summed E-state index contributed by atoms with van der Waals surface area (Å²) >= 11 is 5.67. The quantitative estimate of drug-likeness (QED) is 0.106. The summed E-state index contributed by atoms with van der Waals surface area (Å²) in [5.41, 5.74) is 6.61. The SMILES string of the molecule is C/C=C/c1cc2c(s1)-c1sc(/C=C/C(C=C3COCC3=CCC)=C([C]#[Os])[P+](c3ccccc3)(c3ccccc3)c3ccccc3)cc1C2(C)C. The summed E-state index contributed by atoms with van der Waals surface area (Å²) in [5, 5.41) is 5.21. The van der Waals surface area contributed by atoms with E-state index in [0.717, 1.165) is 6.42 Å². The zero-order valence-electron chi connectivity index (χ0n) is 28.9. The van der Waals surface area contributed by atoms with Crippen LogP contribution in [-0.4, -0.2) is 13.2 Å². The number of thiophene rings is 2.